The van der Waals surface area contributed by atoms with Crippen molar-refractivity contribution in [2.75, 3.05) is 0 Å². The summed E-state index contributed by atoms with van der Waals surface area (Å²) in [4.78, 5) is 0. The van der Waals surface area contributed by atoms with Gasteiger partial charge in [0.2, 0.25) is 0 Å². The summed E-state index contributed by atoms with van der Waals surface area (Å²) in [5.74, 6) is 0. The van der Waals surface area contributed by atoms with Crippen LogP contribution in [0.15, 0.2) is 33.5 Å². The Hall–Kier alpha value is -0.830. The summed E-state index contributed by atoms with van der Waals surface area (Å²) in [7, 11) is 0. The predicted molar refractivity (Wildman–Crippen MR) is 41.7 cm³/mol. The summed E-state index contributed by atoms with van der Waals surface area (Å²) in [6.45, 7) is 0. The maximum Gasteiger partial charge on any atom is 0.132 e. The summed E-state index contributed by atoms with van der Waals surface area (Å²) in [6, 6.07) is 5.79. The minimum Gasteiger partial charge on any atom is -0.363 e. The summed E-state index contributed by atoms with van der Waals surface area (Å²) >= 11 is 3.38. The van der Waals surface area contributed by atoms with Crippen molar-refractivity contribution in [1.82, 2.24) is 5.16 Å². The molecule has 0 saturated heterocycles. The van der Waals surface area contributed by atoms with E-state index in [9.17, 15) is 0 Å². The average molecular weight is 198 g/mol. The molecule has 0 saturated carbocycles. The normalized spacial score (nSPS) is 10.5. The SMILES string of the molecule is Brc1cccc2nocc12. The lowest BCUT2D eigenvalue weighted by Crippen LogP contribution is -1.66. The van der Waals surface area contributed by atoms with Crippen molar-refractivity contribution in [3.63, 3.8) is 0 Å². The first-order valence-electron chi connectivity index (χ1n) is 2.86. The molecular weight excluding hydrogens is 194 g/mol. The second kappa shape index (κ2) is 2.09. The van der Waals surface area contributed by atoms with Crippen LogP contribution < -0.4 is 0 Å². The molecule has 50 valence electrons. The van der Waals surface area contributed by atoms with Crippen LogP contribution in [-0.2, 0) is 0 Å². The highest BCUT2D eigenvalue weighted by Crippen LogP contribution is 2.21. The third-order valence-electron chi connectivity index (χ3n) is 1.35. The van der Waals surface area contributed by atoms with Gasteiger partial charge in [-0.3, -0.25) is 0 Å². The number of fused-ring (bicyclic) bond motifs is 1. The van der Waals surface area contributed by atoms with Crippen LogP contribution in [0.1, 0.15) is 0 Å². The van der Waals surface area contributed by atoms with Crippen molar-refractivity contribution in [3.05, 3.63) is 28.9 Å². The molecule has 0 fully saturated rings. The van der Waals surface area contributed by atoms with Gasteiger partial charge in [0.05, 0.1) is 5.39 Å². The van der Waals surface area contributed by atoms with Gasteiger partial charge in [-0.1, -0.05) is 11.2 Å². The Labute approximate surface area is 65.9 Å². The minimum absolute atomic E-state index is 0.884. The van der Waals surface area contributed by atoms with Gasteiger partial charge in [-0.15, -0.1) is 0 Å². The van der Waals surface area contributed by atoms with E-state index in [-0.39, 0.29) is 0 Å². The third kappa shape index (κ3) is 0.743. The zero-order valence-electron chi connectivity index (χ0n) is 5.04. The van der Waals surface area contributed by atoms with Crippen molar-refractivity contribution >= 4 is 26.8 Å². The molecule has 1 aromatic heterocycles. The van der Waals surface area contributed by atoms with Crippen molar-refractivity contribution in [1.29, 1.82) is 0 Å². The lowest BCUT2D eigenvalue weighted by atomic mass is 10.3. The molecule has 2 aromatic rings. The first-order valence-corrected chi connectivity index (χ1v) is 3.66. The van der Waals surface area contributed by atoms with Crippen LogP contribution in [0.5, 0.6) is 0 Å². The predicted octanol–water partition coefficient (Wildman–Crippen LogP) is 2.59. The first-order chi connectivity index (χ1) is 4.88. The second-order valence-electron chi connectivity index (χ2n) is 1.99. The van der Waals surface area contributed by atoms with Gasteiger partial charge in [0, 0.05) is 4.47 Å². The van der Waals surface area contributed by atoms with E-state index in [1.165, 1.54) is 0 Å². The van der Waals surface area contributed by atoms with Gasteiger partial charge >= 0.3 is 0 Å². The van der Waals surface area contributed by atoms with Crippen LogP contribution in [0.3, 0.4) is 0 Å². The number of hydrogen-bond donors (Lipinski definition) is 0. The molecule has 0 aliphatic carbocycles. The van der Waals surface area contributed by atoms with E-state index in [1.54, 1.807) is 6.26 Å². The van der Waals surface area contributed by atoms with Crippen LogP contribution >= 0.6 is 15.9 Å². The van der Waals surface area contributed by atoms with Crippen LogP contribution in [0.2, 0.25) is 0 Å². The number of rotatable bonds is 0. The van der Waals surface area contributed by atoms with Gasteiger partial charge in [0.15, 0.2) is 0 Å². The van der Waals surface area contributed by atoms with E-state index in [4.69, 9.17) is 4.52 Å². The highest BCUT2D eigenvalue weighted by molar-refractivity contribution is 9.10. The molecular formula is C7H4BrNO. The van der Waals surface area contributed by atoms with E-state index in [0.717, 1.165) is 15.4 Å². The third-order valence-corrected chi connectivity index (χ3v) is 2.04. The smallest absolute Gasteiger partial charge is 0.132 e. The molecule has 0 unspecified atom stereocenters. The number of aromatic nitrogens is 1. The summed E-state index contributed by atoms with van der Waals surface area (Å²) in [6.07, 6.45) is 1.62. The van der Waals surface area contributed by atoms with Gasteiger partial charge in [-0.2, -0.15) is 0 Å². The first kappa shape index (κ1) is 5.92. The maximum atomic E-state index is 4.77. The molecule has 1 aromatic carbocycles. The zero-order valence-corrected chi connectivity index (χ0v) is 6.63. The number of nitrogens with zero attached hydrogens (tertiary/aromatic N) is 1. The van der Waals surface area contributed by atoms with Gasteiger partial charge < -0.3 is 4.52 Å². The molecule has 0 aliphatic heterocycles. The van der Waals surface area contributed by atoms with E-state index in [1.807, 2.05) is 18.2 Å². The Balaban J connectivity index is 2.95. The zero-order chi connectivity index (χ0) is 6.97. The molecule has 2 nitrogen and oxygen atoms in total. The van der Waals surface area contributed by atoms with E-state index in [0.29, 0.717) is 0 Å². The number of benzene rings is 1. The standard InChI is InChI=1S/C7H4BrNO/c8-6-2-1-3-7-5(6)4-10-9-7/h1-4H. The van der Waals surface area contributed by atoms with E-state index < -0.39 is 0 Å². The Morgan fingerprint density at radius 2 is 2.30 bits per heavy atom. The maximum absolute atomic E-state index is 4.77. The summed E-state index contributed by atoms with van der Waals surface area (Å²) in [5.41, 5.74) is 0.884. The fraction of sp³-hybridized carbons (Fsp3) is 0. The van der Waals surface area contributed by atoms with Crippen LogP contribution in [0.4, 0.5) is 0 Å². The van der Waals surface area contributed by atoms with Crippen molar-refractivity contribution in [3.8, 4) is 0 Å². The van der Waals surface area contributed by atoms with E-state index >= 15 is 0 Å². The molecule has 0 N–H and O–H groups in total. The molecule has 0 atom stereocenters. The Morgan fingerprint density at radius 3 is 3.10 bits per heavy atom. The average Bonchev–Trinajstić information content (AvgIpc) is 2.36. The molecule has 2 rings (SSSR count). The monoisotopic (exact) mass is 197 g/mol. The lowest BCUT2D eigenvalue weighted by Gasteiger charge is -1.86. The second-order valence-corrected chi connectivity index (χ2v) is 2.84. The Morgan fingerprint density at radius 1 is 1.40 bits per heavy atom. The highest BCUT2D eigenvalue weighted by Gasteiger charge is 1.98. The van der Waals surface area contributed by atoms with Crippen molar-refractivity contribution in [2.45, 2.75) is 0 Å². The Kier molecular flexibility index (Phi) is 1.24. The molecule has 3 heteroatoms. The topological polar surface area (TPSA) is 26.0 Å². The van der Waals surface area contributed by atoms with Gasteiger partial charge in [0.25, 0.3) is 0 Å². The molecule has 0 spiro atoms. The van der Waals surface area contributed by atoms with Crippen LogP contribution in [-0.4, -0.2) is 5.16 Å². The van der Waals surface area contributed by atoms with Crippen molar-refractivity contribution < 1.29 is 4.52 Å². The molecule has 0 amide bonds. The van der Waals surface area contributed by atoms with Gasteiger partial charge in [0.1, 0.15) is 11.8 Å². The summed E-state index contributed by atoms with van der Waals surface area (Å²) < 4.78 is 5.79. The molecule has 0 radical (unpaired) electrons. The van der Waals surface area contributed by atoms with Crippen LogP contribution in [0.25, 0.3) is 10.9 Å². The van der Waals surface area contributed by atoms with Crippen molar-refractivity contribution in [2.24, 2.45) is 0 Å². The van der Waals surface area contributed by atoms with E-state index in [2.05, 4.69) is 21.1 Å². The molecule has 0 aliphatic rings. The van der Waals surface area contributed by atoms with Gasteiger partial charge in [-0.25, -0.2) is 0 Å². The quantitative estimate of drug-likeness (QED) is 0.650. The van der Waals surface area contributed by atoms with Crippen LogP contribution in [0, 0.1) is 0 Å². The number of halogens is 1. The lowest BCUT2D eigenvalue weighted by molar-refractivity contribution is 0.428. The fourth-order valence-corrected chi connectivity index (χ4v) is 1.31. The number of hydrogen-bond acceptors (Lipinski definition) is 2. The fourth-order valence-electron chi connectivity index (χ4n) is 0.858. The highest BCUT2D eigenvalue weighted by atomic mass is 79.9. The largest absolute Gasteiger partial charge is 0.363 e. The molecule has 0 bridgehead atoms. The minimum atomic E-state index is 0.884. The Bertz CT molecular complexity index is 355. The molecule has 10 heavy (non-hydrogen) atoms. The van der Waals surface area contributed by atoms with Gasteiger partial charge in [-0.05, 0) is 28.1 Å². The summed E-state index contributed by atoms with van der Waals surface area (Å²) in [5, 5.41) is 4.79. The molecule has 1 heterocycles.